The number of benzene rings is 1. The molecule has 6 nitrogen and oxygen atoms in total. The Hall–Kier alpha value is -2.23. The first-order valence-corrected chi connectivity index (χ1v) is 7.71. The molecule has 1 atom stereocenters. The maximum Gasteiger partial charge on any atom is 0.416 e. The topological polar surface area (TPSA) is 101 Å². The van der Waals surface area contributed by atoms with Gasteiger partial charge in [0.2, 0.25) is 17.7 Å². The van der Waals surface area contributed by atoms with Gasteiger partial charge in [0.25, 0.3) is 0 Å². The summed E-state index contributed by atoms with van der Waals surface area (Å²) in [6.07, 6.45) is -4.47. The molecule has 3 amide bonds. The average molecular weight is 363 g/mol. The largest absolute Gasteiger partial charge is 0.416 e. The number of amides is 3. The van der Waals surface area contributed by atoms with Crippen molar-refractivity contribution in [2.45, 2.75) is 24.0 Å². The second kappa shape index (κ2) is 8.57. The molecule has 0 bridgehead atoms. The molecule has 1 aromatic carbocycles. The number of nitrogens with two attached hydrogens (primary N) is 1. The van der Waals surface area contributed by atoms with Crippen LogP contribution in [0.25, 0.3) is 0 Å². The van der Waals surface area contributed by atoms with Crippen LogP contribution >= 0.6 is 11.8 Å². The van der Waals surface area contributed by atoms with Gasteiger partial charge in [0.15, 0.2) is 0 Å². The van der Waals surface area contributed by atoms with Gasteiger partial charge in [-0.05, 0) is 18.2 Å². The summed E-state index contributed by atoms with van der Waals surface area (Å²) in [5, 5.41) is 4.61. The highest BCUT2D eigenvalue weighted by Crippen LogP contribution is 2.31. The van der Waals surface area contributed by atoms with Gasteiger partial charge >= 0.3 is 6.18 Å². The lowest BCUT2D eigenvalue weighted by Crippen LogP contribution is -2.49. The summed E-state index contributed by atoms with van der Waals surface area (Å²) in [6.45, 7) is 0.798. The zero-order valence-corrected chi connectivity index (χ0v) is 13.5. The summed E-state index contributed by atoms with van der Waals surface area (Å²) in [6, 6.07) is 3.60. The first kappa shape index (κ1) is 19.8. The third-order valence-corrected chi connectivity index (χ3v) is 3.80. The minimum atomic E-state index is -4.47. The van der Waals surface area contributed by atoms with E-state index in [2.05, 4.69) is 10.6 Å². The molecule has 24 heavy (non-hydrogen) atoms. The monoisotopic (exact) mass is 363 g/mol. The van der Waals surface area contributed by atoms with Crippen LogP contribution < -0.4 is 16.4 Å². The molecular weight excluding hydrogens is 347 g/mol. The summed E-state index contributed by atoms with van der Waals surface area (Å²) in [5.74, 6) is -1.90. The van der Waals surface area contributed by atoms with Crippen LogP contribution in [0.15, 0.2) is 29.2 Å². The summed E-state index contributed by atoms with van der Waals surface area (Å²) in [5.41, 5.74) is 4.11. The molecule has 1 unspecified atom stereocenters. The van der Waals surface area contributed by atoms with Gasteiger partial charge in [-0.15, -0.1) is 11.8 Å². The molecule has 10 heteroatoms. The third-order valence-electron chi connectivity index (χ3n) is 2.71. The predicted octanol–water partition coefficient (Wildman–Crippen LogP) is 0.904. The van der Waals surface area contributed by atoms with Crippen LogP contribution in [0.3, 0.4) is 0 Å². The van der Waals surface area contributed by atoms with E-state index in [1.807, 2.05) is 0 Å². The van der Waals surface area contributed by atoms with Crippen LogP contribution in [0.1, 0.15) is 12.5 Å². The molecule has 0 aliphatic carbocycles. The SMILES string of the molecule is CC(=O)NC(CSc1cccc(C(F)(F)F)c1)C(=O)NCC(N)=O. The highest BCUT2D eigenvalue weighted by atomic mass is 32.2. The summed E-state index contributed by atoms with van der Waals surface area (Å²) < 4.78 is 38.0. The van der Waals surface area contributed by atoms with Gasteiger partial charge in [0.1, 0.15) is 6.04 Å². The van der Waals surface area contributed by atoms with Crippen molar-refractivity contribution in [1.82, 2.24) is 10.6 Å². The van der Waals surface area contributed by atoms with Gasteiger partial charge in [-0.2, -0.15) is 13.2 Å². The van der Waals surface area contributed by atoms with Gasteiger partial charge in [-0.1, -0.05) is 6.07 Å². The Morgan fingerprint density at radius 2 is 1.96 bits per heavy atom. The van der Waals surface area contributed by atoms with E-state index in [-0.39, 0.29) is 5.75 Å². The highest BCUT2D eigenvalue weighted by molar-refractivity contribution is 7.99. The Balaban J connectivity index is 2.76. The van der Waals surface area contributed by atoms with Gasteiger partial charge in [0.05, 0.1) is 12.1 Å². The molecule has 0 fully saturated rings. The van der Waals surface area contributed by atoms with Crippen LogP contribution in [0.2, 0.25) is 0 Å². The lowest BCUT2D eigenvalue weighted by Gasteiger charge is -2.17. The van der Waals surface area contributed by atoms with E-state index in [4.69, 9.17) is 5.73 Å². The van der Waals surface area contributed by atoms with E-state index >= 15 is 0 Å². The second-order valence-corrected chi connectivity index (χ2v) is 5.87. The first-order valence-electron chi connectivity index (χ1n) is 6.72. The Morgan fingerprint density at radius 3 is 2.50 bits per heavy atom. The minimum absolute atomic E-state index is 0.00845. The molecule has 1 rings (SSSR count). The van der Waals surface area contributed by atoms with E-state index in [9.17, 15) is 27.6 Å². The van der Waals surface area contributed by atoms with Crippen molar-refractivity contribution in [3.05, 3.63) is 29.8 Å². The van der Waals surface area contributed by atoms with Gasteiger partial charge in [-0.3, -0.25) is 14.4 Å². The van der Waals surface area contributed by atoms with Gasteiger partial charge in [-0.25, -0.2) is 0 Å². The van der Waals surface area contributed by atoms with Crippen LogP contribution in [-0.4, -0.2) is 36.1 Å². The number of thioether (sulfide) groups is 1. The standard InChI is InChI=1S/C14H16F3N3O3S/c1-8(21)20-11(13(23)19-6-12(18)22)7-24-10-4-2-3-9(5-10)14(15,16)17/h2-5,11H,6-7H2,1H3,(H2,18,22)(H,19,23)(H,20,21). The maximum absolute atomic E-state index is 12.7. The van der Waals surface area contributed by atoms with E-state index in [1.165, 1.54) is 19.1 Å². The molecule has 1 aromatic rings. The van der Waals surface area contributed by atoms with Crippen molar-refractivity contribution in [3.63, 3.8) is 0 Å². The van der Waals surface area contributed by atoms with Crippen LogP contribution in [0.4, 0.5) is 13.2 Å². The predicted molar refractivity (Wildman–Crippen MR) is 82.0 cm³/mol. The fourth-order valence-electron chi connectivity index (χ4n) is 1.67. The quantitative estimate of drug-likeness (QED) is 0.627. The molecule has 132 valence electrons. The third kappa shape index (κ3) is 6.90. The second-order valence-electron chi connectivity index (χ2n) is 4.77. The summed E-state index contributed by atoms with van der Waals surface area (Å²) in [7, 11) is 0. The number of carbonyl (C=O) groups excluding carboxylic acids is 3. The Kier molecular flexibility index (Phi) is 7.08. The Labute approximate surface area is 140 Å². The average Bonchev–Trinajstić information content (AvgIpc) is 2.48. The van der Waals surface area contributed by atoms with Gasteiger partial charge < -0.3 is 16.4 Å². The van der Waals surface area contributed by atoms with Crippen LogP contribution in [-0.2, 0) is 20.6 Å². The number of primary amides is 1. The molecule has 4 N–H and O–H groups in total. The van der Waals surface area contributed by atoms with E-state index < -0.39 is 42.0 Å². The maximum atomic E-state index is 12.7. The fourth-order valence-corrected chi connectivity index (χ4v) is 2.65. The number of nitrogens with one attached hydrogen (secondary N) is 2. The zero-order valence-electron chi connectivity index (χ0n) is 12.6. The van der Waals surface area contributed by atoms with Crippen molar-refractivity contribution in [2.24, 2.45) is 5.73 Å². The molecule has 0 spiro atoms. The fraction of sp³-hybridized carbons (Fsp3) is 0.357. The first-order chi connectivity index (χ1) is 11.1. The smallest absolute Gasteiger partial charge is 0.368 e. The molecule has 0 aliphatic heterocycles. The Bertz CT molecular complexity index is 623. The molecule has 0 aliphatic rings. The Morgan fingerprint density at radius 1 is 1.29 bits per heavy atom. The number of hydrogen-bond donors (Lipinski definition) is 3. The lowest BCUT2D eigenvalue weighted by molar-refractivity contribution is -0.137. The molecule has 0 saturated carbocycles. The van der Waals surface area contributed by atoms with Crippen LogP contribution in [0.5, 0.6) is 0 Å². The molecule has 0 heterocycles. The van der Waals surface area contributed by atoms with E-state index in [0.717, 1.165) is 23.9 Å². The number of alkyl halides is 3. The molecule has 0 aromatic heterocycles. The summed E-state index contributed by atoms with van der Waals surface area (Å²) in [4.78, 5) is 34.0. The minimum Gasteiger partial charge on any atom is -0.368 e. The number of hydrogen-bond acceptors (Lipinski definition) is 4. The van der Waals surface area contributed by atoms with Crippen molar-refractivity contribution >= 4 is 29.5 Å². The molecular formula is C14H16F3N3O3S. The van der Waals surface area contributed by atoms with Crippen molar-refractivity contribution in [2.75, 3.05) is 12.3 Å². The van der Waals surface area contributed by atoms with Crippen molar-refractivity contribution in [3.8, 4) is 0 Å². The number of halogens is 3. The van der Waals surface area contributed by atoms with Crippen LogP contribution in [0, 0.1) is 0 Å². The number of rotatable bonds is 7. The zero-order chi connectivity index (χ0) is 18.3. The van der Waals surface area contributed by atoms with E-state index in [1.54, 1.807) is 0 Å². The molecule has 0 saturated heterocycles. The summed E-state index contributed by atoms with van der Waals surface area (Å²) >= 11 is 0.972. The van der Waals surface area contributed by atoms with Crippen molar-refractivity contribution < 1.29 is 27.6 Å². The van der Waals surface area contributed by atoms with Gasteiger partial charge in [0, 0.05) is 17.6 Å². The highest BCUT2D eigenvalue weighted by Gasteiger charge is 2.30. The lowest BCUT2D eigenvalue weighted by atomic mass is 10.2. The number of carbonyl (C=O) groups is 3. The molecule has 0 radical (unpaired) electrons. The normalized spacial score (nSPS) is 12.3. The van der Waals surface area contributed by atoms with Crippen molar-refractivity contribution in [1.29, 1.82) is 0 Å². The van der Waals surface area contributed by atoms with E-state index in [0.29, 0.717) is 4.90 Å².